The van der Waals surface area contributed by atoms with E-state index in [1.54, 1.807) is 24.3 Å². The second-order valence-electron chi connectivity index (χ2n) is 4.55. The van der Waals surface area contributed by atoms with Crippen molar-refractivity contribution >= 4 is 18.0 Å². The number of ether oxygens (including phenoxy) is 1. The molecule has 0 atom stereocenters. The van der Waals surface area contributed by atoms with Crippen LogP contribution in [0.3, 0.4) is 0 Å². The van der Waals surface area contributed by atoms with Gasteiger partial charge in [-0.2, -0.15) is 5.26 Å². The average molecular weight is 288 g/mol. The number of nitrogens with zero attached hydrogens (tertiary/aromatic N) is 1. The monoisotopic (exact) mass is 288 g/mol. The Morgan fingerprint density at radius 2 is 2.00 bits per heavy atom. The van der Waals surface area contributed by atoms with Gasteiger partial charge in [-0.25, -0.2) is 4.79 Å². The summed E-state index contributed by atoms with van der Waals surface area (Å²) < 4.78 is 4.99. The summed E-state index contributed by atoms with van der Waals surface area (Å²) >= 11 is 0. The molecule has 0 bridgehead atoms. The highest BCUT2D eigenvalue weighted by atomic mass is 16.5. The normalized spacial score (nSPS) is 10.9. The maximum Gasteiger partial charge on any atom is 0.341 e. The molecule has 1 aromatic carbocycles. The van der Waals surface area contributed by atoms with E-state index >= 15 is 0 Å². The van der Waals surface area contributed by atoms with Gasteiger partial charge in [0.05, 0.1) is 0 Å². The van der Waals surface area contributed by atoms with Crippen LogP contribution >= 0.6 is 0 Å². The fourth-order valence-corrected chi connectivity index (χ4v) is 1.46. The highest BCUT2D eigenvalue weighted by molar-refractivity contribution is 6.01. The molecule has 0 aliphatic heterocycles. The zero-order valence-electron chi connectivity index (χ0n) is 11.8. The zero-order valence-corrected chi connectivity index (χ0v) is 11.8. The first-order valence-electron chi connectivity index (χ1n) is 6.29. The third-order valence-corrected chi connectivity index (χ3v) is 2.34. The maximum atomic E-state index is 11.7. The molecule has 0 fully saturated rings. The van der Waals surface area contributed by atoms with Gasteiger partial charge in [0.2, 0.25) is 0 Å². The number of carboxylic acid groups (broad SMARTS) is 1. The molecule has 1 aromatic rings. The Bertz CT molecular complexity index is 583. The lowest BCUT2D eigenvalue weighted by Gasteiger charge is -2.07. The second kappa shape index (κ2) is 7.70. The summed E-state index contributed by atoms with van der Waals surface area (Å²) in [5, 5.41) is 20.1. The molecule has 2 N–H and O–H groups in total. The number of nitriles is 1. The van der Waals surface area contributed by atoms with E-state index in [1.807, 2.05) is 19.9 Å². The van der Waals surface area contributed by atoms with Crippen LogP contribution in [0.15, 0.2) is 29.8 Å². The molecule has 0 saturated carbocycles. The van der Waals surface area contributed by atoms with E-state index in [9.17, 15) is 9.59 Å². The number of carbonyl (C=O) groups is 2. The summed E-state index contributed by atoms with van der Waals surface area (Å²) in [5.74, 6) is -1.09. The van der Waals surface area contributed by atoms with Gasteiger partial charge >= 0.3 is 5.97 Å². The minimum absolute atomic E-state index is 0.00269. The predicted octanol–water partition coefficient (Wildman–Crippen LogP) is 1.58. The summed E-state index contributed by atoms with van der Waals surface area (Å²) in [6, 6.07) is 8.22. The second-order valence-corrected chi connectivity index (χ2v) is 4.55. The number of hydrogen-bond acceptors (Lipinski definition) is 4. The molecule has 6 heteroatoms. The standard InChI is InChI=1S/C15H16N2O4/c1-10(2)17-15(20)12(8-16)7-11-3-5-13(6-4-11)21-9-14(18)19/h3-7,10H,9H2,1-2H3,(H,17,20)(H,18,19)/b12-7-. The van der Waals surface area contributed by atoms with Crippen LogP contribution in [-0.4, -0.2) is 29.6 Å². The minimum atomic E-state index is -1.06. The molecule has 0 aliphatic rings. The first-order valence-corrected chi connectivity index (χ1v) is 6.29. The van der Waals surface area contributed by atoms with Crippen molar-refractivity contribution in [2.24, 2.45) is 0 Å². The van der Waals surface area contributed by atoms with Crippen molar-refractivity contribution in [1.82, 2.24) is 5.32 Å². The molecule has 110 valence electrons. The van der Waals surface area contributed by atoms with Gasteiger partial charge in [0, 0.05) is 6.04 Å². The lowest BCUT2D eigenvalue weighted by molar-refractivity contribution is -0.139. The first-order chi connectivity index (χ1) is 9.92. The number of carboxylic acids is 1. The smallest absolute Gasteiger partial charge is 0.341 e. The first kappa shape index (κ1) is 16.2. The molecular formula is C15H16N2O4. The van der Waals surface area contributed by atoms with Crippen LogP contribution in [0.4, 0.5) is 0 Å². The summed E-state index contributed by atoms with van der Waals surface area (Å²) in [7, 11) is 0. The van der Waals surface area contributed by atoms with Gasteiger partial charge in [0.1, 0.15) is 17.4 Å². The molecule has 6 nitrogen and oxygen atoms in total. The van der Waals surface area contributed by atoms with E-state index in [2.05, 4.69) is 5.32 Å². The average Bonchev–Trinajstić information content (AvgIpc) is 2.42. The summed E-state index contributed by atoms with van der Waals surface area (Å²) in [6.45, 7) is 3.19. The van der Waals surface area contributed by atoms with E-state index in [1.165, 1.54) is 6.08 Å². The number of benzene rings is 1. The molecule has 0 aliphatic carbocycles. The summed E-state index contributed by atoms with van der Waals surface area (Å²) in [5.41, 5.74) is 0.649. The van der Waals surface area contributed by atoms with Crippen LogP contribution in [0.2, 0.25) is 0 Å². The van der Waals surface area contributed by atoms with E-state index < -0.39 is 18.5 Å². The molecule has 1 rings (SSSR count). The Morgan fingerprint density at radius 3 is 2.48 bits per heavy atom. The fraction of sp³-hybridized carbons (Fsp3) is 0.267. The number of aliphatic carboxylic acids is 1. The van der Waals surface area contributed by atoms with E-state index in [0.717, 1.165) is 0 Å². The van der Waals surface area contributed by atoms with Crippen LogP contribution in [-0.2, 0) is 9.59 Å². The molecular weight excluding hydrogens is 272 g/mol. The molecule has 0 unspecified atom stereocenters. The van der Waals surface area contributed by atoms with Crippen molar-refractivity contribution < 1.29 is 19.4 Å². The summed E-state index contributed by atoms with van der Waals surface area (Å²) in [6.07, 6.45) is 1.46. The quantitative estimate of drug-likeness (QED) is 0.611. The molecule has 21 heavy (non-hydrogen) atoms. The molecule has 0 aromatic heterocycles. The van der Waals surface area contributed by atoms with Crippen molar-refractivity contribution in [3.8, 4) is 11.8 Å². The van der Waals surface area contributed by atoms with Crippen molar-refractivity contribution in [1.29, 1.82) is 5.26 Å². The highest BCUT2D eigenvalue weighted by Crippen LogP contribution is 2.14. The van der Waals surface area contributed by atoms with Gasteiger partial charge in [0.25, 0.3) is 5.91 Å². The van der Waals surface area contributed by atoms with E-state index in [-0.39, 0.29) is 11.6 Å². The Labute approximate surface area is 122 Å². The lowest BCUT2D eigenvalue weighted by atomic mass is 10.1. The van der Waals surface area contributed by atoms with Gasteiger partial charge in [-0.15, -0.1) is 0 Å². The number of carbonyl (C=O) groups excluding carboxylic acids is 1. The third kappa shape index (κ3) is 5.78. The topological polar surface area (TPSA) is 99.4 Å². The van der Waals surface area contributed by atoms with Crippen molar-refractivity contribution in [3.05, 3.63) is 35.4 Å². The molecule has 1 amide bonds. The van der Waals surface area contributed by atoms with Gasteiger partial charge in [-0.3, -0.25) is 4.79 Å². The number of nitrogens with one attached hydrogen (secondary N) is 1. The van der Waals surface area contributed by atoms with Crippen LogP contribution in [0.25, 0.3) is 6.08 Å². The van der Waals surface area contributed by atoms with Crippen LogP contribution in [0.5, 0.6) is 5.75 Å². The number of rotatable bonds is 6. The number of amides is 1. The Balaban J connectivity index is 2.80. The molecule has 0 saturated heterocycles. The number of hydrogen-bond donors (Lipinski definition) is 2. The lowest BCUT2D eigenvalue weighted by Crippen LogP contribution is -2.30. The Kier molecular flexibility index (Phi) is 5.96. The Hall–Kier alpha value is -2.81. The van der Waals surface area contributed by atoms with Crippen molar-refractivity contribution in [2.45, 2.75) is 19.9 Å². The van der Waals surface area contributed by atoms with Crippen molar-refractivity contribution in [3.63, 3.8) is 0 Å². The van der Waals surface area contributed by atoms with Crippen LogP contribution in [0, 0.1) is 11.3 Å². The van der Waals surface area contributed by atoms with Gasteiger partial charge in [-0.1, -0.05) is 12.1 Å². The maximum absolute atomic E-state index is 11.7. The van der Waals surface area contributed by atoms with E-state index in [0.29, 0.717) is 11.3 Å². The fourth-order valence-electron chi connectivity index (χ4n) is 1.46. The highest BCUT2D eigenvalue weighted by Gasteiger charge is 2.09. The molecule has 0 heterocycles. The van der Waals surface area contributed by atoms with E-state index in [4.69, 9.17) is 15.1 Å². The molecule has 0 spiro atoms. The Morgan fingerprint density at radius 1 is 1.38 bits per heavy atom. The minimum Gasteiger partial charge on any atom is -0.482 e. The zero-order chi connectivity index (χ0) is 15.8. The third-order valence-electron chi connectivity index (χ3n) is 2.34. The largest absolute Gasteiger partial charge is 0.482 e. The SMILES string of the molecule is CC(C)NC(=O)/C(C#N)=C\c1ccc(OCC(=O)O)cc1. The molecule has 0 radical (unpaired) electrons. The van der Waals surface area contributed by atoms with Gasteiger partial charge in [0.15, 0.2) is 6.61 Å². The van der Waals surface area contributed by atoms with Crippen LogP contribution in [0.1, 0.15) is 19.4 Å². The van der Waals surface area contributed by atoms with Gasteiger partial charge in [-0.05, 0) is 37.6 Å². The summed E-state index contributed by atoms with van der Waals surface area (Å²) in [4.78, 5) is 22.1. The van der Waals surface area contributed by atoms with Crippen LogP contribution < -0.4 is 10.1 Å². The predicted molar refractivity (Wildman–Crippen MR) is 76.4 cm³/mol. The van der Waals surface area contributed by atoms with Gasteiger partial charge < -0.3 is 15.2 Å². The van der Waals surface area contributed by atoms with Crippen molar-refractivity contribution in [2.75, 3.05) is 6.61 Å².